The van der Waals surface area contributed by atoms with Crippen molar-refractivity contribution in [2.45, 2.75) is 27.7 Å². The standard InChI is InChI=1S/C20H19N3/c1-14-9-10-18(22-16(14)11-12-20(2,3)4)19-21-13-15-7-5-6-8-17(15)23-19/h5-10,13H,1-4H3. The minimum Gasteiger partial charge on any atom is -0.236 e. The van der Waals surface area contributed by atoms with Gasteiger partial charge in [-0.2, -0.15) is 0 Å². The van der Waals surface area contributed by atoms with Crippen LogP contribution in [-0.2, 0) is 0 Å². The summed E-state index contributed by atoms with van der Waals surface area (Å²) in [5, 5.41) is 1.02. The number of benzene rings is 1. The van der Waals surface area contributed by atoms with Crippen LogP contribution in [0.15, 0.2) is 42.6 Å². The van der Waals surface area contributed by atoms with Gasteiger partial charge in [0.15, 0.2) is 5.82 Å². The summed E-state index contributed by atoms with van der Waals surface area (Å²) in [4.78, 5) is 13.7. The molecule has 0 spiro atoms. The molecule has 1 aromatic carbocycles. The van der Waals surface area contributed by atoms with Gasteiger partial charge in [-0.1, -0.05) is 30.2 Å². The van der Waals surface area contributed by atoms with Crippen LogP contribution < -0.4 is 0 Å². The van der Waals surface area contributed by atoms with Crippen LogP contribution in [0.2, 0.25) is 0 Å². The third kappa shape index (κ3) is 3.54. The van der Waals surface area contributed by atoms with Gasteiger partial charge in [-0.05, 0) is 51.3 Å². The lowest BCUT2D eigenvalue weighted by Crippen LogP contribution is -2.01. The third-order valence-electron chi connectivity index (χ3n) is 3.37. The minimum atomic E-state index is -0.0520. The smallest absolute Gasteiger partial charge is 0.178 e. The average molecular weight is 301 g/mol. The van der Waals surface area contributed by atoms with E-state index in [0.717, 1.165) is 27.9 Å². The first kappa shape index (κ1) is 15.2. The molecule has 0 radical (unpaired) electrons. The fraction of sp³-hybridized carbons (Fsp3) is 0.250. The number of hydrogen-bond donors (Lipinski definition) is 0. The van der Waals surface area contributed by atoms with Crippen molar-refractivity contribution in [1.82, 2.24) is 15.0 Å². The van der Waals surface area contributed by atoms with Crippen molar-refractivity contribution in [2.24, 2.45) is 5.41 Å². The summed E-state index contributed by atoms with van der Waals surface area (Å²) in [6.07, 6.45) is 1.83. The molecule has 0 aliphatic heterocycles. The maximum atomic E-state index is 4.65. The van der Waals surface area contributed by atoms with E-state index in [2.05, 4.69) is 47.6 Å². The second kappa shape index (κ2) is 5.81. The van der Waals surface area contributed by atoms with Gasteiger partial charge in [0, 0.05) is 17.0 Å². The summed E-state index contributed by atoms with van der Waals surface area (Å²) in [7, 11) is 0. The van der Waals surface area contributed by atoms with E-state index in [4.69, 9.17) is 0 Å². The Morgan fingerprint density at radius 3 is 2.52 bits per heavy atom. The average Bonchev–Trinajstić information content (AvgIpc) is 2.53. The molecule has 0 N–H and O–H groups in total. The van der Waals surface area contributed by atoms with Gasteiger partial charge in [-0.15, -0.1) is 0 Å². The summed E-state index contributed by atoms with van der Waals surface area (Å²) in [5.41, 5.74) is 3.46. The predicted molar refractivity (Wildman–Crippen MR) is 93.8 cm³/mol. The zero-order valence-corrected chi connectivity index (χ0v) is 13.9. The highest BCUT2D eigenvalue weighted by Gasteiger charge is 2.08. The number of fused-ring (bicyclic) bond motifs is 1. The number of aryl methyl sites for hydroxylation is 1. The zero-order chi connectivity index (χ0) is 16.4. The van der Waals surface area contributed by atoms with Crippen LogP contribution in [0.3, 0.4) is 0 Å². The van der Waals surface area contributed by atoms with Crippen molar-refractivity contribution in [2.75, 3.05) is 0 Å². The first-order valence-corrected chi connectivity index (χ1v) is 7.65. The van der Waals surface area contributed by atoms with Crippen molar-refractivity contribution in [3.05, 3.63) is 53.9 Å². The van der Waals surface area contributed by atoms with Crippen molar-refractivity contribution < 1.29 is 0 Å². The highest BCUT2D eigenvalue weighted by Crippen LogP contribution is 2.18. The molecule has 3 heteroatoms. The molecular weight excluding hydrogens is 282 g/mol. The Morgan fingerprint density at radius 1 is 0.957 bits per heavy atom. The van der Waals surface area contributed by atoms with Crippen molar-refractivity contribution >= 4 is 10.9 Å². The van der Waals surface area contributed by atoms with E-state index in [1.54, 1.807) is 0 Å². The van der Waals surface area contributed by atoms with Crippen molar-refractivity contribution in [1.29, 1.82) is 0 Å². The predicted octanol–water partition coefficient (Wildman–Crippen LogP) is 4.40. The van der Waals surface area contributed by atoms with Crippen molar-refractivity contribution in [3.63, 3.8) is 0 Å². The fourth-order valence-corrected chi connectivity index (χ4v) is 2.12. The Morgan fingerprint density at radius 2 is 1.74 bits per heavy atom. The molecule has 0 aliphatic rings. The molecule has 3 rings (SSSR count). The van der Waals surface area contributed by atoms with Gasteiger partial charge in [0.2, 0.25) is 0 Å². The molecule has 0 unspecified atom stereocenters. The number of para-hydroxylation sites is 1. The molecule has 0 atom stereocenters. The molecule has 0 fully saturated rings. The Kier molecular flexibility index (Phi) is 3.83. The molecule has 2 aromatic heterocycles. The topological polar surface area (TPSA) is 38.7 Å². The molecule has 2 heterocycles. The fourth-order valence-electron chi connectivity index (χ4n) is 2.12. The van der Waals surface area contributed by atoms with E-state index in [1.165, 1.54) is 0 Å². The monoisotopic (exact) mass is 301 g/mol. The zero-order valence-electron chi connectivity index (χ0n) is 13.9. The number of rotatable bonds is 1. The summed E-state index contributed by atoms with van der Waals surface area (Å²) < 4.78 is 0. The highest BCUT2D eigenvalue weighted by molar-refractivity contribution is 5.79. The lowest BCUT2D eigenvalue weighted by Gasteiger charge is -2.08. The molecule has 0 saturated heterocycles. The molecule has 3 nitrogen and oxygen atoms in total. The molecule has 0 amide bonds. The van der Waals surface area contributed by atoms with Gasteiger partial charge < -0.3 is 0 Å². The van der Waals surface area contributed by atoms with Crippen LogP contribution in [0, 0.1) is 24.2 Å². The highest BCUT2D eigenvalue weighted by atomic mass is 14.9. The maximum Gasteiger partial charge on any atom is 0.178 e. The van der Waals surface area contributed by atoms with E-state index in [-0.39, 0.29) is 5.41 Å². The SMILES string of the molecule is Cc1ccc(-c2ncc3ccccc3n2)nc1C#CC(C)(C)C. The summed E-state index contributed by atoms with van der Waals surface area (Å²) in [5.74, 6) is 7.04. The Balaban J connectivity index is 2.06. The molecule has 0 bridgehead atoms. The Labute approximate surface area is 136 Å². The number of hydrogen-bond acceptors (Lipinski definition) is 3. The molecule has 0 saturated carbocycles. The van der Waals surface area contributed by atoms with Crippen LogP contribution >= 0.6 is 0 Å². The molecule has 114 valence electrons. The summed E-state index contributed by atoms with van der Waals surface area (Å²) in [6.45, 7) is 8.29. The third-order valence-corrected chi connectivity index (χ3v) is 3.37. The van der Waals surface area contributed by atoms with E-state index in [9.17, 15) is 0 Å². The lowest BCUT2D eigenvalue weighted by molar-refractivity contribution is 0.571. The molecule has 0 aliphatic carbocycles. The summed E-state index contributed by atoms with van der Waals surface area (Å²) in [6, 6.07) is 11.9. The first-order chi connectivity index (χ1) is 10.9. The minimum absolute atomic E-state index is 0.0520. The van der Waals surface area contributed by atoms with Crippen LogP contribution in [0.5, 0.6) is 0 Å². The van der Waals surface area contributed by atoms with Gasteiger partial charge in [-0.3, -0.25) is 0 Å². The van der Waals surface area contributed by atoms with Gasteiger partial charge in [0.1, 0.15) is 11.4 Å². The van der Waals surface area contributed by atoms with Gasteiger partial charge in [-0.25, -0.2) is 15.0 Å². The van der Waals surface area contributed by atoms with Gasteiger partial charge >= 0.3 is 0 Å². The van der Waals surface area contributed by atoms with Crippen LogP contribution in [0.1, 0.15) is 32.0 Å². The van der Waals surface area contributed by atoms with E-state index in [0.29, 0.717) is 5.82 Å². The van der Waals surface area contributed by atoms with E-state index in [1.807, 2.05) is 49.5 Å². The first-order valence-electron chi connectivity index (χ1n) is 7.65. The van der Waals surface area contributed by atoms with Crippen LogP contribution in [0.25, 0.3) is 22.4 Å². The van der Waals surface area contributed by atoms with Crippen LogP contribution in [0.4, 0.5) is 0 Å². The van der Waals surface area contributed by atoms with E-state index >= 15 is 0 Å². The van der Waals surface area contributed by atoms with Gasteiger partial charge in [0.05, 0.1) is 5.52 Å². The second-order valence-corrected chi connectivity index (χ2v) is 6.61. The Hall–Kier alpha value is -2.73. The maximum absolute atomic E-state index is 4.65. The second-order valence-electron chi connectivity index (χ2n) is 6.61. The molecule has 23 heavy (non-hydrogen) atoms. The summed E-state index contributed by atoms with van der Waals surface area (Å²) >= 11 is 0. The number of nitrogens with zero attached hydrogens (tertiary/aromatic N) is 3. The normalized spacial score (nSPS) is 11.1. The number of aromatic nitrogens is 3. The molecule has 3 aromatic rings. The van der Waals surface area contributed by atoms with Crippen LogP contribution in [-0.4, -0.2) is 15.0 Å². The Bertz CT molecular complexity index is 925. The van der Waals surface area contributed by atoms with Gasteiger partial charge in [0.25, 0.3) is 0 Å². The quantitative estimate of drug-likeness (QED) is 0.625. The molecular formula is C20H19N3. The van der Waals surface area contributed by atoms with Crippen molar-refractivity contribution in [3.8, 4) is 23.4 Å². The largest absolute Gasteiger partial charge is 0.236 e. The van der Waals surface area contributed by atoms with E-state index < -0.39 is 0 Å². The lowest BCUT2D eigenvalue weighted by atomic mass is 9.97. The number of pyridine rings is 1.